The number of halogens is 1. The summed E-state index contributed by atoms with van der Waals surface area (Å²) < 4.78 is 7.38. The number of allylic oxidation sites excluding steroid dienone is 1. The van der Waals surface area contributed by atoms with E-state index in [9.17, 15) is 4.79 Å². The molecule has 0 spiro atoms. The summed E-state index contributed by atoms with van der Waals surface area (Å²) in [6, 6.07) is 15.4. The molecule has 2 bridgehead atoms. The second kappa shape index (κ2) is 6.90. The van der Waals surface area contributed by atoms with Crippen molar-refractivity contribution in [2.75, 3.05) is 0 Å². The first-order valence-corrected chi connectivity index (χ1v) is 10.7. The SMILES string of the molecule is N#Cc1ccc(C(=O)[C@@H]2C3=C(CCCC3)[C@@H]3C[C@H]2c2cc(Br)ccc2O3)cc1. The summed E-state index contributed by atoms with van der Waals surface area (Å²) in [5.41, 5.74) is 5.09. The smallest absolute Gasteiger partial charge is 0.170 e. The minimum absolute atomic E-state index is 0.110. The predicted octanol–water partition coefficient (Wildman–Crippen LogP) is 5.94. The van der Waals surface area contributed by atoms with Crippen LogP contribution in [-0.2, 0) is 0 Å². The van der Waals surface area contributed by atoms with Gasteiger partial charge in [-0.3, -0.25) is 4.79 Å². The lowest BCUT2D eigenvalue weighted by Gasteiger charge is -2.45. The number of hydrogen-bond acceptors (Lipinski definition) is 3. The van der Waals surface area contributed by atoms with Gasteiger partial charge in [0.05, 0.1) is 17.6 Å². The van der Waals surface area contributed by atoms with Gasteiger partial charge in [0.25, 0.3) is 0 Å². The van der Waals surface area contributed by atoms with Gasteiger partial charge in [-0.25, -0.2) is 0 Å². The standard InChI is InChI=1S/C24H20BrNO2/c25-16-9-10-21-19(11-16)20-12-22(28-21)17-3-1-2-4-18(17)23(20)24(27)15-7-5-14(13-26)6-8-15/h5-11,20,22-23H,1-4,12H2/t20-,22-,23+/m0/s1. The zero-order chi connectivity index (χ0) is 19.3. The molecule has 28 heavy (non-hydrogen) atoms. The maximum atomic E-state index is 13.7. The topological polar surface area (TPSA) is 50.1 Å². The Kier molecular flexibility index (Phi) is 4.36. The van der Waals surface area contributed by atoms with Crippen LogP contribution >= 0.6 is 15.9 Å². The van der Waals surface area contributed by atoms with Gasteiger partial charge in [-0.2, -0.15) is 5.26 Å². The molecule has 0 aromatic heterocycles. The quantitative estimate of drug-likeness (QED) is 0.434. The van der Waals surface area contributed by atoms with Gasteiger partial charge < -0.3 is 4.74 Å². The van der Waals surface area contributed by atoms with Crippen LogP contribution in [0.5, 0.6) is 5.75 Å². The number of Topliss-reactive ketones (excluding diaryl/α,β-unsaturated/α-hetero) is 1. The second-order valence-corrected chi connectivity index (χ2v) is 8.84. The van der Waals surface area contributed by atoms with Crippen molar-refractivity contribution in [2.24, 2.45) is 5.92 Å². The lowest BCUT2D eigenvalue weighted by molar-refractivity contribution is 0.0853. The van der Waals surface area contributed by atoms with Crippen LogP contribution in [0.25, 0.3) is 0 Å². The van der Waals surface area contributed by atoms with Gasteiger partial charge in [0.1, 0.15) is 11.9 Å². The molecule has 140 valence electrons. The number of ether oxygens (including phenoxy) is 1. The zero-order valence-corrected chi connectivity index (χ0v) is 17.0. The van der Waals surface area contributed by atoms with E-state index >= 15 is 0 Å². The zero-order valence-electron chi connectivity index (χ0n) is 15.5. The first-order valence-electron chi connectivity index (χ1n) is 9.88. The van der Waals surface area contributed by atoms with Gasteiger partial charge in [-0.05, 0) is 73.6 Å². The molecule has 3 nitrogen and oxygen atoms in total. The average molecular weight is 434 g/mol. The molecule has 1 aliphatic heterocycles. The van der Waals surface area contributed by atoms with Gasteiger partial charge >= 0.3 is 0 Å². The van der Waals surface area contributed by atoms with Gasteiger partial charge in [0.2, 0.25) is 0 Å². The Labute approximate surface area is 173 Å². The average Bonchev–Trinajstić information content (AvgIpc) is 2.74. The lowest BCUT2D eigenvalue weighted by atomic mass is 9.64. The molecule has 2 aromatic carbocycles. The Hall–Kier alpha value is -2.38. The van der Waals surface area contributed by atoms with Gasteiger partial charge in [0, 0.05) is 16.0 Å². The Morgan fingerprint density at radius 1 is 1.07 bits per heavy atom. The Bertz CT molecular complexity index is 1030. The van der Waals surface area contributed by atoms with Crippen molar-refractivity contribution in [1.29, 1.82) is 5.26 Å². The molecule has 0 amide bonds. The molecule has 1 heterocycles. The number of carbonyl (C=O) groups excluding carboxylic acids is 1. The van der Waals surface area contributed by atoms with Gasteiger partial charge in [0.15, 0.2) is 5.78 Å². The second-order valence-electron chi connectivity index (χ2n) is 7.92. The van der Waals surface area contributed by atoms with Crippen molar-refractivity contribution in [2.45, 2.75) is 44.1 Å². The summed E-state index contributed by atoms with van der Waals surface area (Å²) in [5, 5.41) is 9.06. The third-order valence-corrected chi connectivity index (χ3v) is 6.90. The number of nitrogens with zero attached hydrogens (tertiary/aromatic N) is 1. The normalized spacial score (nSPS) is 25.2. The van der Waals surface area contributed by atoms with Crippen LogP contribution in [-0.4, -0.2) is 11.9 Å². The molecule has 0 radical (unpaired) electrons. The molecule has 0 saturated heterocycles. The highest BCUT2D eigenvalue weighted by Crippen LogP contribution is 2.53. The summed E-state index contributed by atoms with van der Waals surface area (Å²) in [6.45, 7) is 0. The predicted molar refractivity (Wildman–Crippen MR) is 110 cm³/mol. The maximum Gasteiger partial charge on any atom is 0.170 e. The molecule has 0 fully saturated rings. The summed E-state index contributed by atoms with van der Waals surface area (Å²) in [5.74, 6) is 1.11. The van der Waals surface area contributed by atoms with E-state index in [-0.39, 0.29) is 23.7 Å². The highest BCUT2D eigenvalue weighted by Gasteiger charge is 2.46. The van der Waals surface area contributed by atoms with E-state index in [1.54, 1.807) is 24.3 Å². The van der Waals surface area contributed by atoms with E-state index in [2.05, 4.69) is 28.1 Å². The first-order chi connectivity index (χ1) is 13.7. The summed E-state index contributed by atoms with van der Waals surface area (Å²) in [7, 11) is 0. The third-order valence-electron chi connectivity index (χ3n) is 6.41. The maximum absolute atomic E-state index is 13.7. The van der Waals surface area contributed by atoms with Crippen molar-refractivity contribution in [1.82, 2.24) is 0 Å². The van der Waals surface area contributed by atoms with Crippen LogP contribution in [0.2, 0.25) is 0 Å². The van der Waals surface area contributed by atoms with E-state index in [4.69, 9.17) is 10.00 Å². The van der Waals surface area contributed by atoms with Crippen LogP contribution in [0.15, 0.2) is 58.1 Å². The highest BCUT2D eigenvalue weighted by atomic mass is 79.9. The van der Waals surface area contributed by atoms with Crippen LogP contribution in [0, 0.1) is 17.2 Å². The Balaban J connectivity index is 1.63. The van der Waals surface area contributed by atoms with Crippen molar-refractivity contribution in [3.8, 4) is 11.8 Å². The van der Waals surface area contributed by atoms with Gasteiger partial charge in [-0.15, -0.1) is 0 Å². The number of hydrogen-bond donors (Lipinski definition) is 0. The van der Waals surface area contributed by atoms with E-state index in [1.807, 2.05) is 12.1 Å². The largest absolute Gasteiger partial charge is 0.486 e. The Morgan fingerprint density at radius 3 is 2.57 bits per heavy atom. The first kappa shape index (κ1) is 17.7. The van der Waals surface area contributed by atoms with Crippen LogP contribution < -0.4 is 4.74 Å². The van der Waals surface area contributed by atoms with Crippen molar-refractivity contribution >= 4 is 21.7 Å². The minimum Gasteiger partial charge on any atom is -0.486 e. The monoisotopic (exact) mass is 433 g/mol. The number of nitriles is 1. The fourth-order valence-electron chi connectivity index (χ4n) is 5.15. The fraction of sp³-hybridized carbons (Fsp3) is 0.333. The van der Waals surface area contributed by atoms with E-state index in [0.717, 1.165) is 41.5 Å². The number of benzene rings is 2. The molecule has 2 aliphatic carbocycles. The van der Waals surface area contributed by atoms with Crippen LogP contribution in [0.1, 0.15) is 59.5 Å². The molecule has 3 aliphatic rings. The van der Waals surface area contributed by atoms with Gasteiger partial charge in [-0.1, -0.05) is 33.6 Å². The minimum atomic E-state index is -0.128. The van der Waals surface area contributed by atoms with Crippen molar-refractivity contribution < 1.29 is 9.53 Å². The molecule has 0 N–H and O–H groups in total. The lowest BCUT2D eigenvalue weighted by Crippen LogP contribution is -2.41. The fourth-order valence-corrected chi connectivity index (χ4v) is 5.53. The number of ketones is 1. The Morgan fingerprint density at radius 2 is 1.82 bits per heavy atom. The van der Waals surface area contributed by atoms with Crippen molar-refractivity contribution in [3.05, 3.63) is 74.8 Å². The number of rotatable bonds is 2. The summed E-state index contributed by atoms with van der Waals surface area (Å²) in [6.07, 6.45) is 5.32. The molecular weight excluding hydrogens is 414 g/mol. The number of carbonyl (C=O) groups is 1. The molecule has 3 atom stereocenters. The highest BCUT2D eigenvalue weighted by molar-refractivity contribution is 9.10. The van der Waals surface area contributed by atoms with E-state index in [1.165, 1.54) is 17.6 Å². The van der Waals surface area contributed by atoms with E-state index < -0.39 is 0 Å². The van der Waals surface area contributed by atoms with E-state index in [0.29, 0.717) is 11.1 Å². The molecular formula is C24H20BrNO2. The van der Waals surface area contributed by atoms with Crippen LogP contribution in [0.3, 0.4) is 0 Å². The molecule has 2 aromatic rings. The molecule has 0 unspecified atom stereocenters. The van der Waals surface area contributed by atoms with Crippen molar-refractivity contribution in [3.63, 3.8) is 0 Å². The molecule has 4 heteroatoms. The van der Waals surface area contributed by atoms with Crippen LogP contribution in [0.4, 0.5) is 0 Å². The third kappa shape index (κ3) is 2.81. The molecule has 5 rings (SSSR count). The summed E-state index contributed by atoms with van der Waals surface area (Å²) in [4.78, 5) is 13.7. The number of fused-ring (bicyclic) bond motifs is 5. The summed E-state index contributed by atoms with van der Waals surface area (Å²) >= 11 is 3.58. The molecule has 0 saturated carbocycles.